The Kier molecular flexibility index (Phi) is 4.05. The Hall–Kier alpha value is -2.76. The Labute approximate surface area is 136 Å². The summed E-state index contributed by atoms with van der Waals surface area (Å²) in [5.41, 5.74) is 7.08. The molecule has 0 bridgehead atoms. The van der Waals surface area contributed by atoms with Gasteiger partial charge in [0.1, 0.15) is 0 Å². The van der Waals surface area contributed by atoms with E-state index in [4.69, 9.17) is 5.73 Å². The molecule has 0 spiro atoms. The number of carbonyl (C=O) groups excluding carboxylic acids is 1. The van der Waals surface area contributed by atoms with Gasteiger partial charge in [-0.25, -0.2) is 0 Å². The molecule has 1 heterocycles. The summed E-state index contributed by atoms with van der Waals surface area (Å²) in [5, 5.41) is 0.920. The Bertz CT molecular complexity index is 879. The molecule has 24 heavy (non-hydrogen) atoms. The van der Waals surface area contributed by atoms with Crippen LogP contribution in [0.4, 0.5) is 13.2 Å². The lowest BCUT2D eigenvalue weighted by molar-refractivity contribution is -0.137. The summed E-state index contributed by atoms with van der Waals surface area (Å²) >= 11 is 0. The van der Waals surface area contributed by atoms with Crippen molar-refractivity contribution < 1.29 is 18.0 Å². The molecule has 0 saturated carbocycles. The molecule has 1 amide bonds. The number of fused-ring (bicyclic) bond motifs is 1. The average Bonchev–Trinajstić information content (AvgIpc) is 2.84. The van der Waals surface area contributed by atoms with E-state index in [0.29, 0.717) is 6.54 Å². The first-order chi connectivity index (χ1) is 11.3. The topological polar surface area (TPSA) is 48.0 Å². The highest BCUT2D eigenvalue weighted by Crippen LogP contribution is 2.29. The molecule has 0 fully saturated rings. The maximum atomic E-state index is 12.6. The second kappa shape index (κ2) is 6.03. The summed E-state index contributed by atoms with van der Waals surface area (Å²) in [4.78, 5) is 11.2. The maximum Gasteiger partial charge on any atom is 0.416 e. The lowest BCUT2D eigenvalue weighted by atomic mass is 10.1. The largest absolute Gasteiger partial charge is 0.416 e. The van der Waals surface area contributed by atoms with E-state index in [0.717, 1.165) is 34.2 Å². The summed E-state index contributed by atoms with van der Waals surface area (Å²) in [6.07, 6.45) is -2.39. The van der Waals surface area contributed by atoms with Crippen LogP contribution in [-0.4, -0.2) is 10.5 Å². The van der Waals surface area contributed by atoms with Gasteiger partial charge in [0.2, 0.25) is 5.91 Å². The van der Waals surface area contributed by atoms with Crippen LogP contribution in [0.3, 0.4) is 0 Å². The van der Waals surface area contributed by atoms with Gasteiger partial charge in [-0.1, -0.05) is 30.3 Å². The molecule has 3 nitrogen and oxygen atoms in total. The van der Waals surface area contributed by atoms with Crippen LogP contribution in [0.5, 0.6) is 0 Å². The van der Waals surface area contributed by atoms with Crippen LogP contribution in [0.25, 0.3) is 10.9 Å². The minimum atomic E-state index is -4.34. The standard InChI is InChI=1S/C18H15F3N2O/c19-18(20,21)14-7-5-12(6-8-14)10-23-11-13(9-17(22)24)15-3-1-2-4-16(15)23/h1-8,11H,9-10H2,(H2,22,24). The molecule has 2 aromatic carbocycles. The molecule has 2 N–H and O–H groups in total. The molecule has 0 radical (unpaired) electrons. The minimum absolute atomic E-state index is 0.126. The zero-order chi connectivity index (χ0) is 17.3. The van der Waals surface area contributed by atoms with Gasteiger partial charge in [0, 0.05) is 23.6 Å². The van der Waals surface area contributed by atoms with E-state index in [1.54, 1.807) is 0 Å². The summed E-state index contributed by atoms with van der Waals surface area (Å²) in [5.74, 6) is -0.424. The van der Waals surface area contributed by atoms with E-state index in [2.05, 4.69) is 0 Å². The summed E-state index contributed by atoms with van der Waals surface area (Å²) in [6, 6.07) is 12.6. The lowest BCUT2D eigenvalue weighted by Crippen LogP contribution is -2.13. The molecule has 0 aliphatic carbocycles. The Morgan fingerprint density at radius 3 is 2.33 bits per heavy atom. The number of amides is 1. The van der Waals surface area contributed by atoms with Gasteiger partial charge in [0.05, 0.1) is 12.0 Å². The molecule has 0 atom stereocenters. The van der Waals surface area contributed by atoms with Crippen molar-refractivity contribution in [2.75, 3.05) is 0 Å². The fourth-order valence-corrected chi connectivity index (χ4v) is 2.78. The average molecular weight is 332 g/mol. The molecular weight excluding hydrogens is 317 g/mol. The van der Waals surface area contributed by atoms with Gasteiger partial charge in [0.25, 0.3) is 0 Å². The van der Waals surface area contributed by atoms with Crippen LogP contribution >= 0.6 is 0 Å². The van der Waals surface area contributed by atoms with Crippen LogP contribution in [0.2, 0.25) is 0 Å². The van der Waals surface area contributed by atoms with Crippen molar-refractivity contribution in [3.8, 4) is 0 Å². The fourth-order valence-electron chi connectivity index (χ4n) is 2.78. The van der Waals surface area contributed by atoms with E-state index in [1.807, 2.05) is 35.0 Å². The zero-order valence-corrected chi connectivity index (χ0v) is 12.7. The SMILES string of the molecule is NC(=O)Cc1cn(Cc2ccc(C(F)(F)F)cc2)c2ccccc12. The number of primary amides is 1. The predicted molar refractivity (Wildman–Crippen MR) is 85.4 cm³/mol. The number of benzene rings is 2. The molecule has 0 saturated heterocycles. The highest BCUT2D eigenvalue weighted by Gasteiger charge is 2.29. The van der Waals surface area contributed by atoms with Crippen molar-refractivity contribution >= 4 is 16.8 Å². The number of nitrogens with zero attached hydrogens (tertiary/aromatic N) is 1. The van der Waals surface area contributed by atoms with Gasteiger partial charge < -0.3 is 10.3 Å². The first kappa shape index (κ1) is 16.1. The Morgan fingerprint density at radius 2 is 1.71 bits per heavy atom. The van der Waals surface area contributed by atoms with E-state index in [9.17, 15) is 18.0 Å². The Balaban J connectivity index is 1.94. The number of hydrogen-bond acceptors (Lipinski definition) is 1. The molecule has 3 aromatic rings. The molecule has 3 rings (SSSR count). The molecule has 0 aliphatic heterocycles. The van der Waals surface area contributed by atoms with Gasteiger partial charge in [-0.3, -0.25) is 4.79 Å². The first-order valence-electron chi connectivity index (χ1n) is 7.36. The van der Waals surface area contributed by atoms with Crippen molar-refractivity contribution in [2.45, 2.75) is 19.1 Å². The van der Waals surface area contributed by atoms with Crippen molar-refractivity contribution in [2.24, 2.45) is 5.73 Å². The van der Waals surface area contributed by atoms with Gasteiger partial charge in [-0.2, -0.15) is 13.2 Å². The number of nitrogens with two attached hydrogens (primary N) is 1. The van der Waals surface area contributed by atoms with Crippen LogP contribution < -0.4 is 5.73 Å². The van der Waals surface area contributed by atoms with E-state index >= 15 is 0 Å². The van der Waals surface area contributed by atoms with Gasteiger partial charge in [0.15, 0.2) is 0 Å². The van der Waals surface area contributed by atoms with E-state index in [1.165, 1.54) is 12.1 Å². The van der Waals surface area contributed by atoms with Crippen molar-refractivity contribution in [1.82, 2.24) is 4.57 Å². The predicted octanol–water partition coefficient (Wildman–Crippen LogP) is 3.74. The maximum absolute atomic E-state index is 12.6. The number of hydrogen-bond donors (Lipinski definition) is 1. The highest BCUT2D eigenvalue weighted by atomic mass is 19.4. The number of halogens is 3. The van der Waals surface area contributed by atoms with Gasteiger partial charge in [-0.05, 0) is 29.3 Å². The second-order valence-electron chi connectivity index (χ2n) is 5.64. The number of alkyl halides is 3. The van der Waals surface area contributed by atoms with Crippen LogP contribution in [0.1, 0.15) is 16.7 Å². The van der Waals surface area contributed by atoms with Crippen molar-refractivity contribution in [3.05, 3.63) is 71.4 Å². The fraction of sp³-hybridized carbons (Fsp3) is 0.167. The number of carbonyl (C=O) groups is 1. The second-order valence-corrected chi connectivity index (χ2v) is 5.64. The molecule has 6 heteroatoms. The smallest absolute Gasteiger partial charge is 0.369 e. The first-order valence-corrected chi connectivity index (χ1v) is 7.36. The van der Waals surface area contributed by atoms with Crippen LogP contribution in [0.15, 0.2) is 54.7 Å². The van der Waals surface area contributed by atoms with Gasteiger partial charge in [-0.15, -0.1) is 0 Å². The monoisotopic (exact) mass is 332 g/mol. The Morgan fingerprint density at radius 1 is 1.04 bits per heavy atom. The van der Waals surface area contributed by atoms with Crippen LogP contribution in [0, 0.1) is 0 Å². The summed E-state index contributed by atoms with van der Waals surface area (Å²) in [6.45, 7) is 0.414. The van der Waals surface area contributed by atoms with E-state index < -0.39 is 17.6 Å². The highest BCUT2D eigenvalue weighted by molar-refractivity contribution is 5.88. The normalized spacial score (nSPS) is 11.8. The van der Waals surface area contributed by atoms with Crippen molar-refractivity contribution in [1.29, 1.82) is 0 Å². The third kappa shape index (κ3) is 3.27. The summed E-state index contributed by atoms with van der Waals surface area (Å²) < 4.78 is 39.8. The minimum Gasteiger partial charge on any atom is -0.369 e. The molecule has 124 valence electrons. The van der Waals surface area contributed by atoms with E-state index in [-0.39, 0.29) is 6.42 Å². The number of para-hydroxylation sites is 1. The van der Waals surface area contributed by atoms with Crippen LogP contribution in [-0.2, 0) is 23.9 Å². The van der Waals surface area contributed by atoms with Crippen molar-refractivity contribution in [3.63, 3.8) is 0 Å². The zero-order valence-electron chi connectivity index (χ0n) is 12.7. The lowest BCUT2D eigenvalue weighted by Gasteiger charge is -2.09. The molecule has 0 unspecified atom stereocenters. The molecular formula is C18H15F3N2O. The quantitative estimate of drug-likeness (QED) is 0.777. The number of rotatable bonds is 4. The third-order valence-corrected chi connectivity index (χ3v) is 3.87. The van der Waals surface area contributed by atoms with Gasteiger partial charge >= 0.3 is 6.18 Å². The summed E-state index contributed by atoms with van der Waals surface area (Å²) in [7, 11) is 0. The third-order valence-electron chi connectivity index (χ3n) is 3.87. The molecule has 1 aromatic heterocycles. The number of aromatic nitrogens is 1. The molecule has 0 aliphatic rings.